The summed E-state index contributed by atoms with van der Waals surface area (Å²) in [7, 11) is 0. The predicted molar refractivity (Wildman–Crippen MR) is 155 cm³/mol. The number of ether oxygens (including phenoxy) is 2. The van der Waals surface area contributed by atoms with Crippen LogP contribution in [-0.2, 0) is 0 Å². The molecule has 0 bridgehead atoms. The second-order valence-corrected chi connectivity index (χ2v) is 11.6. The molecule has 0 aliphatic rings. The molecule has 4 nitrogen and oxygen atoms in total. The first-order valence-corrected chi connectivity index (χ1v) is 13.9. The molecule has 37 heavy (non-hydrogen) atoms. The lowest BCUT2D eigenvalue weighted by molar-refractivity contribution is 0.450. The molecule has 0 fully saturated rings. The molecule has 2 heterocycles. The Hall–Kier alpha value is -0.990. The number of aromatic nitrogens is 2. The molecule has 192 valence electrons. The van der Waals surface area contributed by atoms with Crippen LogP contribution in [0.4, 0.5) is 0 Å². The molecule has 0 aliphatic heterocycles. The summed E-state index contributed by atoms with van der Waals surface area (Å²) in [4.78, 5) is 9.69. The van der Waals surface area contributed by atoms with Gasteiger partial charge in [0.1, 0.15) is 21.5 Å². The third kappa shape index (κ3) is 6.43. The fourth-order valence-electron chi connectivity index (χ4n) is 2.96. The van der Waals surface area contributed by atoms with E-state index in [2.05, 4.69) is 9.97 Å². The van der Waals surface area contributed by atoms with Gasteiger partial charge in [0.2, 0.25) is 11.8 Å². The molecular weight excluding hydrogens is 664 g/mol. The van der Waals surface area contributed by atoms with Gasteiger partial charge in [0.25, 0.3) is 0 Å². The number of halogens is 8. The van der Waals surface area contributed by atoms with Gasteiger partial charge in [-0.2, -0.15) is 9.97 Å². The maximum absolute atomic E-state index is 6.31. The molecule has 4 aromatic rings. The van der Waals surface area contributed by atoms with Crippen LogP contribution in [0.15, 0.2) is 46.2 Å². The number of benzene rings is 2. The second kappa shape index (κ2) is 12.0. The topological polar surface area (TPSA) is 44.2 Å². The third-order valence-corrected chi connectivity index (χ3v) is 9.14. The van der Waals surface area contributed by atoms with Gasteiger partial charge in [0, 0.05) is 0 Å². The molecule has 2 aromatic heterocycles. The van der Waals surface area contributed by atoms with Gasteiger partial charge in [-0.15, -0.1) is 0 Å². The van der Waals surface area contributed by atoms with Crippen molar-refractivity contribution in [2.24, 2.45) is 0 Å². The predicted octanol–water partition coefficient (Wildman–Crippen LogP) is 12.1. The van der Waals surface area contributed by atoms with E-state index in [1.165, 1.54) is 11.8 Å². The van der Waals surface area contributed by atoms with E-state index < -0.39 is 0 Å². The fraction of sp³-hybridized carbons (Fsp3) is 0.0833. The van der Waals surface area contributed by atoms with Gasteiger partial charge in [0.15, 0.2) is 10.3 Å². The lowest BCUT2D eigenvalue weighted by Crippen LogP contribution is -1.95. The van der Waals surface area contributed by atoms with Crippen molar-refractivity contribution in [3.63, 3.8) is 0 Å². The average Bonchev–Trinajstić information content (AvgIpc) is 2.86. The van der Waals surface area contributed by atoms with Crippen LogP contribution >= 0.6 is 105 Å². The first kappa shape index (κ1) is 29.0. The SMILES string of the molecule is Cc1ccc(Oc2nc(Cl)c(Cl)c(Cl)c2Cl)c(Sc2cc(C)ccc2Oc2nc(Cl)c(Cl)c(Cl)c2Cl)c1. The number of nitrogens with zero attached hydrogens (tertiary/aromatic N) is 2. The fourth-order valence-corrected chi connectivity index (χ4v) is 5.60. The highest BCUT2D eigenvalue weighted by atomic mass is 35.5. The summed E-state index contributed by atoms with van der Waals surface area (Å²) in [6.45, 7) is 3.90. The van der Waals surface area contributed by atoms with E-state index in [9.17, 15) is 0 Å². The summed E-state index contributed by atoms with van der Waals surface area (Å²) < 4.78 is 12.0. The van der Waals surface area contributed by atoms with Crippen molar-refractivity contribution in [2.45, 2.75) is 23.6 Å². The van der Waals surface area contributed by atoms with E-state index in [4.69, 9.17) is 102 Å². The molecule has 13 heteroatoms. The van der Waals surface area contributed by atoms with Crippen LogP contribution in [0.25, 0.3) is 0 Å². The van der Waals surface area contributed by atoms with Gasteiger partial charge in [-0.05, 0) is 49.2 Å². The largest absolute Gasteiger partial charge is 0.436 e. The maximum atomic E-state index is 6.31. The minimum Gasteiger partial charge on any atom is -0.436 e. The van der Waals surface area contributed by atoms with E-state index in [-0.39, 0.29) is 52.2 Å². The zero-order valence-electron chi connectivity index (χ0n) is 18.6. The molecule has 0 radical (unpaired) electrons. The summed E-state index contributed by atoms with van der Waals surface area (Å²) in [6, 6.07) is 11.2. The van der Waals surface area contributed by atoms with Gasteiger partial charge < -0.3 is 9.47 Å². The molecule has 0 saturated carbocycles. The number of hydrogen-bond acceptors (Lipinski definition) is 5. The molecule has 0 aliphatic carbocycles. The minimum atomic E-state index is -0.0357. The molecule has 0 saturated heterocycles. The van der Waals surface area contributed by atoms with Crippen LogP contribution in [0, 0.1) is 13.8 Å². The van der Waals surface area contributed by atoms with Crippen LogP contribution in [0.1, 0.15) is 11.1 Å². The van der Waals surface area contributed by atoms with Gasteiger partial charge in [0.05, 0.1) is 29.9 Å². The molecule has 0 N–H and O–H groups in total. The molecule has 0 amide bonds. The zero-order chi connectivity index (χ0) is 27.0. The van der Waals surface area contributed by atoms with Crippen molar-refractivity contribution in [1.82, 2.24) is 9.97 Å². The Bertz CT molecular complexity index is 1420. The Labute approximate surface area is 257 Å². The summed E-state index contributed by atoms with van der Waals surface area (Å²) in [5.74, 6) is 0.907. The van der Waals surface area contributed by atoms with Crippen LogP contribution < -0.4 is 9.47 Å². The summed E-state index contributed by atoms with van der Waals surface area (Å²) in [5.41, 5.74) is 1.97. The molecular formula is C24H12Cl8N2O2S. The minimum absolute atomic E-state index is 0.00825. The van der Waals surface area contributed by atoms with E-state index in [0.717, 1.165) is 20.9 Å². The van der Waals surface area contributed by atoms with Gasteiger partial charge in [-0.3, -0.25) is 0 Å². The lowest BCUT2D eigenvalue weighted by Gasteiger charge is -2.16. The summed E-state index contributed by atoms with van der Waals surface area (Å²) in [5, 5.41) is 0.148. The van der Waals surface area contributed by atoms with Crippen molar-refractivity contribution in [3.8, 4) is 23.3 Å². The maximum Gasteiger partial charge on any atom is 0.241 e. The van der Waals surface area contributed by atoms with Crippen molar-refractivity contribution < 1.29 is 9.47 Å². The second-order valence-electron chi connectivity index (χ2n) is 7.51. The number of rotatable bonds is 6. The Kier molecular flexibility index (Phi) is 9.43. The van der Waals surface area contributed by atoms with Crippen LogP contribution in [0.3, 0.4) is 0 Å². The Morgan fingerprint density at radius 1 is 0.541 bits per heavy atom. The first-order chi connectivity index (χ1) is 17.5. The van der Waals surface area contributed by atoms with Gasteiger partial charge >= 0.3 is 0 Å². The summed E-state index contributed by atoms with van der Waals surface area (Å²) in [6.07, 6.45) is 0. The van der Waals surface area contributed by atoms with Gasteiger partial charge in [-0.25, -0.2) is 0 Å². The van der Waals surface area contributed by atoms with E-state index in [1.807, 2.05) is 38.1 Å². The van der Waals surface area contributed by atoms with E-state index in [1.54, 1.807) is 12.1 Å². The molecule has 0 atom stereocenters. The van der Waals surface area contributed by atoms with E-state index in [0.29, 0.717) is 11.5 Å². The van der Waals surface area contributed by atoms with E-state index >= 15 is 0 Å². The third-order valence-electron chi connectivity index (χ3n) is 4.74. The highest BCUT2D eigenvalue weighted by Crippen LogP contribution is 2.47. The van der Waals surface area contributed by atoms with Gasteiger partial charge in [-0.1, -0.05) is 117 Å². The Morgan fingerprint density at radius 3 is 1.30 bits per heavy atom. The summed E-state index contributed by atoms with van der Waals surface area (Å²) >= 11 is 50.6. The normalized spacial score (nSPS) is 11.1. The monoisotopic (exact) mass is 672 g/mol. The average molecular weight is 676 g/mol. The highest BCUT2D eigenvalue weighted by molar-refractivity contribution is 7.99. The Balaban J connectivity index is 1.74. The van der Waals surface area contributed by atoms with Crippen LogP contribution in [0.5, 0.6) is 23.3 Å². The Morgan fingerprint density at radius 2 is 0.919 bits per heavy atom. The van der Waals surface area contributed by atoms with Crippen molar-refractivity contribution >= 4 is 105 Å². The zero-order valence-corrected chi connectivity index (χ0v) is 25.5. The molecule has 0 unspecified atom stereocenters. The number of aryl methyl sites for hydroxylation is 2. The van der Waals surface area contributed by atoms with Crippen LogP contribution in [-0.4, -0.2) is 9.97 Å². The standard InChI is InChI=1S/C24H12Cl8N2O2S/c1-9-3-5-11(35-23-19(29)15(25)17(27)21(31)33-23)13(7-9)37-14-8-10(2)4-6-12(14)36-24-20(30)16(26)18(28)22(32)34-24/h3-8H,1-2H3. The lowest BCUT2D eigenvalue weighted by atomic mass is 10.2. The highest BCUT2D eigenvalue weighted by Gasteiger charge is 2.21. The van der Waals surface area contributed by atoms with Crippen molar-refractivity contribution in [1.29, 1.82) is 0 Å². The number of pyridine rings is 2. The van der Waals surface area contributed by atoms with Crippen LogP contribution in [0.2, 0.25) is 40.4 Å². The molecule has 2 aromatic carbocycles. The van der Waals surface area contributed by atoms with Crippen molar-refractivity contribution in [2.75, 3.05) is 0 Å². The quantitative estimate of drug-likeness (QED) is 0.190. The first-order valence-electron chi connectivity index (χ1n) is 10.1. The molecule has 4 rings (SSSR count). The smallest absolute Gasteiger partial charge is 0.241 e. The number of hydrogen-bond donors (Lipinski definition) is 0. The van der Waals surface area contributed by atoms with Crippen molar-refractivity contribution in [3.05, 3.63) is 88.0 Å². The molecule has 0 spiro atoms.